The Balaban J connectivity index is 1.58. The normalized spacial score (nSPS) is 11.2. The van der Waals surface area contributed by atoms with Crippen molar-refractivity contribution >= 4 is 35.7 Å². The van der Waals surface area contributed by atoms with E-state index in [2.05, 4.69) is 48.5 Å². The molecule has 2 heterocycles. The lowest BCUT2D eigenvalue weighted by Gasteiger charge is -2.19. The van der Waals surface area contributed by atoms with Gasteiger partial charge in [-0.15, -0.1) is 11.3 Å². The van der Waals surface area contributed by atoms with Crippen molar-refractivity contribution in [2.24, 2.45) is 0 Å². The van der Waals surface area contributed by atoms with Gasteiger partial charge in [-0.25, -0.2) is 4.98 Å². The Bertz CT molecular complexity index is 1020. The van der Waals surface area contributed by atoms with Crippen LogP contribution in [0.2, 0.25) is 6.82 Å². The molecule has 0 spiro atoms. The van der Waals surface area contributed by atoms with Crippen LogP contribution in [-0.2, 0) is 10.2 Å². The van der Waals surface area contributed by atoms with E-state index < -0.39 is 0 Å². The first-order valence-electron chi connectivity index (χ1n) is 9.38. The maximum absolute atomic E-state index is 12.2. The lowest BCUT2D eigenvalue weighted by atomic mass is 9.86. The van der Waals surface area contributed by atoms with Crippen LogP contribution in [0.4, 0.5) is 5.13 Å². The van der Waals surface area contributed by atoms with Crippen LogP contribution in [0.25, 0.3) is 11.3 Å². The molecule has 0 aliphatic carbocycles. The summed E-state index contributed by atoms with van der Waals surface area (Å²) >= 11 is 1.36. The van der Waals surface area contributed by atoms with Crippen LogP contribution in [0.5, 0.6) is 0 Å². The summed E-state index contributed by atoms with van der Waals surface area (Å²) in [4.78, 5) is 28.8. The average Bonchev–Trinajstić information content (AvgIpc) is 3.35. The minimum Gasteiger partial charge on any atom is -0.402 e. The van der Waals surface area contributed by atoms with E-state index in [4.69, 9.17) is 0 Å². The van der Waals surface area contributed by atoms with Crippen LogP contribution in [0, 0.1) is 0 Å². The number of hydrogen-bond acceptors (Lipinski definition) is 4. The number of benzene rings is 1. The van der Waals surface area contributed by atoms with Gasteiger partial charge >= 0.3 is 0 Å². The highest BCUT2D eigenvalue weighted by molar-refractivity contribution is 7.14. The first kappa shape index (κ1) is 20.9. The number of anilines is 1. The fourth-order valence-corrected chi connectivity index (χ4v) is 3.48. The summed E-state index contributed by atoms with van der Waals surface area (Å²) in [6, 6.07) is 9.96. The van der Waals surface area contributed by atoms with Gasteiger partial charge in [0, 0.05) is 17.1 Å². The molecule has 0 unspecified atom stereocenters. The van der Waals surface area contributed by atoms with Gasteiger partial charge in [-0.1, -0.05) is 45.8 Å². The second-order valence-electron chi connectivity index (χ2n) is 7.71. The summed E-state index contributed by atoms with van der Waals surface area (Å²) < 4.78 is 1.78. The number of amides is 2. The fourth-order valence-electron chi connectivity index (χ4n) is 2.74. The second-order valence-corrected chi connectivity index (χ2v) is 8.56. The highest BCUT2D eigenvalue weighted by atomic mass is 32.1. The van der Waals surface area contributed by atoms with Crippen molar-refractivity contribution in [2.75, 3.05) is 11.9 Å². The number of thiazole rings is 1. The van der Waals surface area contributed by atoms with Crippen molar-refractivity contribution < 1.29 is 9.59 Å². The first-order chi connectivity index (χ1) is 13.8. The van der Waals surface area contributed by atoms with E-state index >= 15 is 0 Å². The van der Waals surface area contributed by atoms with Crippen LogP contribution < -0.4 is 10.6 Å². The van der Waals surface area contributed by atoms with Crippen LogP contribution >= 0.6 is 11.3 Å². The Hall–Kier alpha value is -2.87. The molecule has 0 aliphatic rings. The van der Waals surface area contributed by atoms with Gasteiger partial charge in [-0.2, -0.15) is 0 Å². The monoisotopic (exact) mass is 407 g/mol. The van der Waals surface area contributed by atoms with Crippen molar-refractivity contribution in [1.29, 1.82) is 0 Å². The van der Waals surface area contributed by atoms with E-state index in [1.807, 2.05) is 31.8 Å². The number of carbonyl (C=O) groups excluding carboxylic acids is 2. The van der Waals surface area contributed by atoms with Crippen LogP contribution in [-0.4, -0.2) is 35.2 Å². The zero-order chi connectivity index (χ0) is 21.0. The van der Waals surface area contributed by atoms with Crippen molar-refractivity contribution in [3.05, 3.63) is 59.2 Å². The summed E-state index contributed by atoms with van der Waals surface area (Å²) in [5.74, 6) is -0.608. The smallest absolute Gasteiger partial charge is 0.253 e. The highest BCUT2D eigenvalue weighted by Crippen LogP contribution is 2.29. The summed E-state index contributed by atoms with van der Waals surface area (Å²) in [5.41, 5.74) is 3.62. The largest absolute Gasteiger partial charge is 0.402 e. The molecule has 3 aromatic rings. The highest BCUT2D eigenvalue weighted by Gasteiger charge is 2.15. The quantitative estimate of drug-likeness (QED) is 0.611. The van der Waals surface area contributed by atoms with E-state index in [-0.39, 0.29) is 23.8 Å². The number of nitrogens with zero attached hydrogens (tertiary/aromatic N) is 2. The van der Waals surface area contributed by atoms with E-state index in [9.17, 15) is 9.59 Å². The van der Waals surface area contributed by atoms with E-state index in [0.29, 0.717) is 10.7 Å². The van der Waals surface area contributed by atoms with Gasteiger partial charge < -0.3 is 15.1 Å². The molecule has 149 valence electrons. The number of rotatable bonds is 6. The third kappa shape index (κ3) is 5.35. The zero-order valence-corrected chi connectivity index (χ0v) is 17.8. The summed E-state index contributed by atoms with van der Waals surface area (Å²) in [7, 11) is 1.83. The SMILES string of the molecule is C[B]n1ccc(C(=O)NCC(=O)Nc2nc(-c3cccc(C(C)(C)C)c3)cs2)c1. The predicted molar refractivity (Wildman–Crippen MR) is 119 cm³/mol. The van der Waals surface area contributed by atoms with Crippen molar-refractivity contribution in [2.45, 2.75) is 33.0 Å². The second kappa shape index (κ2) is 8.65. The molecule has 2 aromatic heterocycles. The van der Waals surface area contributed by atoms with Gasteiger partial charge in [0.1, 0.15) is 0 Å². The zero-order valence-electron chi connectivity index (χ0n) is 17.0. The lowest BCUT2D eigenvalue weighted by Crippen LogP contribution is -2.32. The lowest BCUT2D eigenvalue weighted by molar-refractivity contribution is -0.115. The first-order valence-corrected chi connectivity index (χ1v) is 10.3. The molecule has 3 rings (SSSR count). The molecular weight excluding hydrogens is 383 g/mol. The van der Waals surface area contributed by atoms with Crippen molar-refractivity contribution in [1.82, 2.24) is 14.8 Å². The Morgan fingerprint density at radius 1 is 1.24 bits per heavy atom. The molecular formula is C21H24BN4O2S. The number of carbonyl (C=O) groups is 2. The fraction of sp³-hybridized carbons (Fsp3) is 0.286. The molecule has 1 aromatic carbocycles. The van der Waals surface area contributed by atoms with Gasteiger partial charge in [-0.05, 0) is 29.3 Å². The summed E-state index contributed by atoms with van der Waals surface area (Å²) in [6.45, 7) is 8.26. The van der Waals surface area contributed by atoms with Gasteiger partial charge in [0.25, 0.3) is 5.91 Å². The van der Waals surface area contributed by atoms with E-state index in [0.717, 1.165) is 11.3 Å². The average molecular weight is 407 g/mol. The minimum absolute atomic E-state index is 0.0530. The van der Waals surface area contributed by atoms with E-state index in [1.165, 1.54) is 16.9 Å². The Labute approximate surface area is 175 Å². The minimum atomic E-state index is -0.316. The van der Waals surface area contributed by atoms with Gasteiger partial charge in [0.15, 0.2) is 5.13 Å². The Kier molecular flexibility index (Phi) is 6.22. The van der Waals surface area contributed by atoms with Gasteiger partial charge in [0.05, 0.1) is 17.8 Å². The topological polar surface area (TPSA) is 76.0 Å². The molecule has 2 amide bonds. The Morgan fingerprint density at radius 3 is 2.72 bits per heavy atom. The standard InChI is InChI=1S/C21H24BN4O2S/c1-21(2,3)16-7-5-6-14(10-16)17-13-29-20(24-17)25-18(27)11-23-19(28)15-8-9-26(12-15)22-4/h5-10,12-13H,11H2,1-4H3,(H,23,28)(H,24,25,27). The van der Waals surface area contributed by atoms with Crippen molar-refractivity contribution in [3.63, 3.8) is 0 Å². The van der Waals surface area contributed by atoms with Crippen LogP contribution in [0.3, 0.4) is 0 Å². The number of nitrogens with one attached hydrogen (secondary N) is 2. The molecule has 29 heavy (non-hydrogen) atoms. The van der Waals surface area contributed by atoms with E-state index in [1.54, 1.807) is 22.9 Å². The summed E-state index contributed by atoms with van der Waals surface area (Å²) in [5, 5.41) is 7.78. The maximum atomic E-state index is 12.2. The molecule has 0 bridgehead atoms. The molecule has 0 fully saturated rings. The number of hydrogen-bond donors (Lipinski definition) is 2. The molecule has 1 radical (unpaired) electrons. The van der Waals surface area contributed by atoms with Gasteiger partial charge in [0.2, 0.25) is 13.3 Å². The Morgan fingerprint density at radius 2 is 2.03 bits per heavy atom. The molecule has 0 saturated carbocycles. The molecule has 0 atom stereocenters. The van der Waals surface area contributed by atoms with Gasteiger partial charge in [-0.3, -0.25) is 9.59 Å². The number of aromatic nitrogens is 2. The maximum Gasteiger partial charge on any atom is 0.253 e. The third-order valence-corrected chi connectivity index (χ3v) is 5.22. The molecule has 2 N–H and O–H groups in total. The van der Waals surface area contributed by atoms with Crippen LogP contribution in [0.15, 0.2) is 48.1 Å². The predicted octanol–water partition coefficient (Wildman–Crippen LogP) is 3.79. The molecule has 0 saturated heterocycles. The molecule has 8 heteroatoms. The van der Waals surface area contributed by atoms with Crippen LogP contribution in [0.1, 0.15) is 36.7 Å². The summed E-state index contributed by atoms with van der Waals surface area (Å²) in [6.07, 6.45) is 3.48. The molecule has 6 nitrogen and oxygen atoms in total. The third-order valence-electron chi connectivity index (χ3n) is 4.46. The van der Waals surface area contributed by atoms with Crippen molar-refractivity contribution in [3.8, 4) is 11.3 Å². The molecule has 0 aliphatic heterocycles.